The van der Waals surface area contributed by atoms with Gasteiger partial charge in [0.2, 0.25) is 0 Å². The topological polar surface area (TPSA) is 25.8 Å². The smallest absolute Gasteiger partial charge is 0.0783 e. The molecule has 0 saturated carbocycles. The minimum Gasteiger partial charge on any atom is -0.252 e. The summed E-state index contributed by atoms with van der Waals surface area (Å²) in [7, 11) is 0. The van der Waals surface area contributed by atoms with Crippen LogP contribution in [0.5, 0.6) is 0 Å². The molecule has 8 aromatic rings. The number of nitrogens with zero attached hydrogens (tertiary/aromatic N) is 2. The summed E-state index contributed by atoms with van der Waals surface area (Å²) in [4.78, 5) is 9.92. The van der Waals surface area contributed by atoms with E-state index < -0.39 is 0 Å². The van der Waals surface area contributed by atoms with Crippen molar-refractivity contribution in [2.24, 2.45) is 0 Å². The van der Waals surface area contributed by atoms with Crippen molar-refractivity contribution in [2.45, 2.75) is 13.8 Å². The molecule has 9 rings (SSSR count). The second-order valence-electron chi connectivity index (χ2n) is 11.1. The molecular weight excluding hydrogens is 484 g/mol. The number of pyridine rings is 2. The molecule has 186 valence electrons. The molecule has 2 heteroatoms. The van der Waals surface area contributed by atoms with Gasteiger partial charge in [0.05, 0.1) is 11.0 Å². The van der Waals surface area contributed by atoms with Gasteiger partial charge < -0.3 is 0 Å². The van der Waals surface area contributed by atoms with E-state index >= 15 is 0 Å². The van der Waals surface area contributed by atoms with E-state index in [4.69, 9.17) is 9.97 Å². The van der Waals surface area contributed by atoms with Crippen LogP contribution in [0.15, 0.2) is 109 Å². The van der Waals surface area contributed by atoms with E-state index in [9.17, 15) is 0 Å². The van der Waals surface area contributed by atoms with Gasteiger partial charge in [0.1, 0.15) is 0 Å². The van der Waals surface area contributed by atoms with Gasteiger partial charge in [-0.1, -0.05) is 97.1 Å². The Labute approximate surface area is 231 Å². The summed E-state index contributed by atoms with van der Waals surface area (Å²) in [6.07, 6.45) is 0. The molecule has 0 amide bonds. The number of aryl methyl sites for hydroxylation is 2. The minimum absolute atomic E-state index is 1.04. The fourth-order valence-electron chi connectivity index (χ4n) is 6.95. The van der Waals surface area contributed by atoms with Gasteiger partial charge in [-0.25, -0.2) is 0 Å². The van der Waals surface area contributed by atoms with E-state index in [1.165, 1.54) is 76.5 Å². The first kappa shape index (κ1) is 21.8. The predicted octanol–water partition coefficient (Wildman–Crippen LogP) is 10.2. The van der Waals surface area contributed by atoms with Gasteiger partial charge in [-0.15, -0.1) is 0 Å². The molecular formula is C38H24N2. The van der Waals surface area contributed by atoms with Crippen molar-refractivity contribution >= 4 is 54.1 Å². The fourth-order valence-corrected chi connectivity index (χ4v) is 6.95. The second kappa shape index (κ2) is 7.74. The standard InChI is InChI=1S/C38H24N2/c1-21-9-11-24-5-3-7-32(37(24)39-21)26-17-19-30-31-20-18-27(33-8-4-6-25-12-10-22(2)40-38(25)33)29-16-14-23-13-15-28(26)35(30)34(23)36(29)31/h3-20H,1-2H3. The molecule has 2 aromatic heterocycles. The van der Waals surface area contributed by atoms with Crippen LogP contribution in [0.2, 0.25) is 0 Å². The lowest BCUT2D eigenvalue weighted by molar-refractivity contribution is 1.26. The molecule has 2 heterocycles. The highest BCUT2D eigenvalue weighted by Gasteiger charge is 2.24. The maximum atomic E-state index is 4.96. The summed E-state index contributed by atoms with van der Waals surface area (Å²) in [5.74, 6) is 0. The molecule has 1 aliphatic rings. The van der Waals surface area contributed by atoms with Gasteiger partial charge in [-0.3, -0.25) is 9.97 Å². The first-order valence-electron chi connectivity index (χ1n) is 13.8. The van der Waals surface area contributed by atoms with Crippen molar-refractivity contribution in [2.75, 3.05) is 0 Å². The van der Waals surface area contributed by atoms with Crippen LogP contribution in [-0.2, 0) is 0 Å². The average molecular weight is 509 g/mol. The molecule has 0 spiro atoms. The molecule has 0 N–H and O–H groups in total. The Balaban J connectivity index is 1.38. The first-order valence-corrected chi connectivity index (χ1v) is 13.8. The highest BCUT2D eigenvalue weighted by atomic mass is 14.7. The molecule has 2 nitrogen and oxygen atoms in total. The van der Waals surface area contributed by atoms with E-state index in [1.807, 2.05) is 0 Å². The third-order valence-corrected chi connectivity index (χ3v) is 8.73. The number of rotatable bonds is 2. The van der Waals surface area contributed by atoms with Crippen molar-refractivity contribution in [3.05, 3.63) is 121 Å². The lowest BCUT2D eigenvalue weighted by Crippen LogP contribution is -1.89. The Morgan fingerprint density at radius 2 is 0.800 bits per heavy atom. The minimum atomic E-state index is 1.04. The quantitative estimate of drug-likeness (QED) is 0.217. The number of aromatic nitrogens is 2. The fraction of sp³-hybridized carbons (Fsp3) is 0.0526. The van der Waals surface area contributed by atoms with Crippen LogP contribution in [0.4, 0.5) is 0 Å². The van der Waals surface area contributed by atoms with Crippen LogP contribution in [0.25, 0.3) is 87.5 Å². The zero-order chi connectivity index (χ0) is 26.5. The van der Waals surface area contributed by atoms with Gasteiger partial charge in [-0.2, -0.15) is 0 Å². The maximum Gasteiger partial charge on any atom is 0.0783 e. The Morgan fingerprint density at radius 3 is 1.30 bits per heavy atom. The molecule has 0 radical (unpaired) electrons. The van der Waals surface area contributed by atoms with E-state index in [1.54, 1.807) is 0 Å². The average Bonchev–Trinajstić information content (AvgIpc) is 3.33. The number of hydrogen-bond acceptors (Lipinski definition) is 2. The monoisotopic (exact) mass is 508 g/mol. The highest BCUT2D eigenvalue weighted by Crippen LogP contribution is 2.51. The summed E-state index contributed by atoms with van der Waals surface area (Å²) >= 11 is 0. The van der Waals surface area contributed by atoms with Gasteiger partial charge in [0.25, 0.3) is 0 Å². The zero-order valence-corrected chi connectivity index (χ0v) is 22.3. The molecule has 0 bridgehead atoms. The maximum absolute atomic E-state index is 4.96. The normalized spacial score (nSPS) is 12.2. The molecule has 0 unspecified atom stereocenters. The molecule has 0 saturated heterocycles. The van der Waals surface area contributed by atoms with E-state index in [0.717, 1.165) is 22.4 Å². The largest absolute Gasteiger partial charge is 0.252 e. The number of hydrogen-bond donors (Lipinski definition) is 0. The summed E-state index contributed by atoms with van der Waals surface area (Å²) < 4.78 is 0. The van der Waals surface area contributed by atoms with Gasteiger partial charge in [0.15, 0.2) is 0 Å². The van der Waals surface area contributed by atoms with E-state index in [-0.39, 0.29) is 0 Å². The number of benzene rings is 6. The molecule has 0 fully saturated rings. The predicted molar refractivity (Wildman–Crippen MR) is 169 cm³/mol. The third kappa shape index (κ3) is 2.83. The van der Waals surface area contributed by atoms with Crippen LogP contribution in [-0.4, -0.2) is 9.97 Å². The molecule has 1 aliphatic carbocycles. The van der Waals surface area contributed by atoms with Gasteiger partial charge >= 0.3 is 0 Å². The number of fused-ring (bicyclic) bond motifs is 3. The summed E-state index contributed by atoms with van der Waals surface area (Å²) in [5.41, 5.74) is 11.7. The lowest BCUT2D eigenvalue weighted by Gasteiger charge is -2.12. The van der Waals surface area contributed by atoms with Crippen molar-refractivity contribution < 1.29 is 0 Å². The Bertz CT molecular complexity index is 2230. The summed E-state index contributed by atoms with van der Waals surface area (Å²) in [5, 5.41) is 10.3. The second-order valence-corrected chi connectivity index (χ2v) is 11.1. The molecule has 6 aromatic carbocycles. The van der Waals surface area contributed by atoms with Crippen molar-refractivity contribution in [3.8, 4) is 33.4 Å². The van der Waals surface area contributed by atoms with Crippen molar-refractivity contribution in [3.63, 3.8) is 0 Å². The SMILES string of the molecule is Cc1ccc2cccc(-c3ccc4c5c3ccc3ccc6c(-c7cccc8ccc(C)nc78)ccc-4c6c35)c2n1. The molecule has 0 atom stereocenters. The number of para-hydroxylation sites is 2. The van der Waals surface area contributed by atoms with E-state index in [0.29, 0.717) is 0 Å². The van der Waals surface area contributed by atoms with Crippen LogP contribution >= 0.6 is 0 Å². The van der Waals surface area contributed by atoms with Crippen LogP contribution < -0.4 is 0 Å². The molecule has 0 aliphatic heterocycles. The summed E-state index contributed by atoms with van der Waals surface area (Å²) in [6, 6.07) is 40.0. The van der Waals surface area contributed by atoms with E-state index in [2.05, 4.69) is 123 Å². The van der Waals surface area contributed by atoms with Gasteiger partial charge in [-0.05, 0) is 80.6 Å². The zero-order valence-electron chi connectivity index (χ0n) is 22.3. The van der Waals surface area contributed by atoms with Crippen LogP contribution in [0, 0.1) is 13.8 Å². The lowest BCUT2D eigenvalue weighted by atomic mass is 9.92. The van der Waals surface area contributed by atoms with Crippen molar-refractivity contribution in [1.82, 2.24) is 9.97 Å². The third-order valence-electron chi connectivity index (χ3n) is 8.73. The molecule has 40 heavy (non-hydrogen) atoms. The Hall–Kier alpha value is -5.08. The Morgan fingerprint density at radius 1 is 0.350 bits per heavy atom. The Kier molecular flexibility index (Phi) is 4.22. The summed E-state index contributed by atoms with van der Waals surface area (Å²) in [6.45, 7) is 4.13. The highest BCUT2D eigenvalue weighted by molar-refractivity contribution is 6.35. The van der Waals surface area contributed by atoms with Crippen LogP contribution in [0.3, 0.4) is 0 Å². The van der Waals surface area contributed by atoms with Crippen molar-refractivity contribution in [1.29, 1.82) is 0 Å². The van der Waals surface area contributed by atoms with Gasteiger partial charge in [0, 0.05) is 33.3 Å². The van der Waals surface area contributed by atoms with Crippen LogP contribution in [0.1, 0.15) is 11.4 Å². The first-order chi connectivity index (χ1) is 19.7.